The maximum atomic E-state index is 6.29. The van der Waals surface area contributed by atoms with E-state index < -0.39 is 0 Å². The summed E-state index contributed by atoms with van der Waals surface area (Å²) in [5, 5.41) is 7.87. The molecule has 0 aliphatic carbocycles. The van der Waals surface area contributed by atoms with Crippen LogP contribution in [0.5, 0.6) is 0 Å². The van der Waals surface area contributed by atoms with Crippen LogP contribution in [0.3, 0.4) is 0 Å². The second kappa shape index (κ2) is 6.70. The van der Waals surface area contributed by atoms with Crippen LogP contribution in [-0.2, 0) is 4.74 Å². The molecule has 2 aromatic heterocycles. The smallest absolute Gasteiger partial charge is 0.224 e. The number of aromatic nitrogens is 4. The van der Waals surface area contributed by atoms with Gasteiger partial charge in [-0.25, -0.2) is 0 Å². The fraction of sp³-hybridized carbons (Fsp3) is 0.688. The summed E-state index contributed by atoms with van der Waals surface area (Å²) in [6.45, 7) is 8.26. The molecule has 2 atom stereocenters. The van der Waals surface area contributed by atoms with E-state index >= 15 is 0 Å². The number of rotatable bonds is 5. The normalized spacial score (nSPS) is 22.2. The molecule has 0 amide bonds. The summed E-state index contributed by atoms with van der Waals surface area (Å²) in [5.41, 5.74) is 6.56. The van der Waals surface area contributed by atoms with Gasteiger partial charge in [-0.2, -0.15) is 15.1 Å². The summed E-state index contributed by atoms with van der Waals surface area (Å²) in [5.74, 6) is 1.59. The second-order valence-corrected chi connectivity index (χ2v) is 6.63. The number of ether oxygens (including phenoxy) is 1. The molecule has 7 heteroatoms. The largest absolute Gasteiger partial charge is 0.371 e. The maximum absolute atomic E-state index is 6.29. The standard InChI is InChI=1S/C16H26N6O/c1-4-5-6-11-8-22(9-13(23-11)10(2)3)15-12-7-18-21-14(12)19-16(17)20-15/h7,10-11,13H,4-6,8-9H2,1-3H3,(H3,17,18,19,20,21)/t11-,13-/m1/s1. The number of nitrogen functional groups attached to an aromatic ring is 1. The van der Waals surface area contributed by atoms with Gasteiger partial charge >= 0.3 is 0 Å². The predicted octanol–water partition coefficient (Wildman–Crippen LogP) is 2.36. The number of unbranched alkanes of at least 4 members (excludes halogenated alkanes) is 1. The Labute approximate surface area is 136 Å². The van der Waals surface area contributed by atoms with Crippen LogP contribution in [-0.4, -0.2) is 45.5 Å². The number of H-pyrrole nitrogens is 1. The van der Waals surface area contributed by atoms with E-state index in [4.69, 9.17) is 10.5 Å². The van der Waals surface area contributed by atoms with E-state index in [0.29, 0.717) is 11.6 Å². The van der Waals surface area contributed by atoms with Crippen molar-refractivity contribution >= 4 is 22.8 Å². The third-order valence-electron chi connectivity index (χ3n) is 4.42. The molecule has 0 bridgehead atoms. The highest BCUT2D eigenvalue weighted by atomic mass is 16.5. The van der Waals surface area contributed by atoms with E-state index in [-0.39, 0.29) is 18.2 Å². The molecular formula is C16H26N6O. The first-order valence-corrected chi connectivity index (χ1v) is 8.45. The van der Waals surface area contributed by atoms with Crippen LogP contribution in [0.1, 0.15) is 40.0 Å². The Morgan fingerprint density at radius 2 is 2.22 bits per heavy atom. The highest BCUT2D eigenvalue weighted by Gasteiger charge is 2.31. The van der Waals surface area contributed by atoms with Crippen LogP contribution in [0, 0.1) is 5.92 Å². The van der Waals surface area contributed by atoms with Crippen molar-refractivity contribution in [1.82, 2.24) is 20.2 Å². The Hall–Kier alpha value is -1.89. The van der Waals surface area contributed by atoms with Crippen molar-refractivity contribution in [2.24, 2.45) is 5.92 Å². The summed E-state index contributed by atoms with van der Waals surface area (Å²) < 4.78 is 6.29. The van der Waals surface area contributed by atoms with Crippen molar-refractivity contribution in [2.45, 2.75) is 52.2 Å². The van der Waals surface area contributed by atoms with Crippen LogP contribution in [0.15, 0.2) is 6.20 Å². The average Bonchev–Trinajstić information content (AvgIpc) is 2.99. The van der Waals surface area contributed by atoms with Crippen LogP contribution in [0.4, 0.5) is 11.8 Å². The number of nitrogens with two attached hydrogens (primary N) is 1. The quantitative estimate of drug-likeness (QED) is 0.879. The molecule has 3 N–H and O–H groups in total. The van der Waals surface area contributed by atoms with Crippen molar-refractivity contribution in [2.75, 3.05) is 23.7 Å². The van der Waals surface area contributed by atoms with E-state index in [1.807, 2.05) is 0 Å². The monoisotopic (exact) mass is 318 g/mol. The van der Waals surface area contributed by atoms with Gasteiger partial charge in [-0.1, -0.05) is 33.6 Å². The van der Waals surface area contributed by atoms with Crippen molar-refractivity contribution in [1.29, 1.82) is 0 Å². The minimum absolute atomic E-state index is 0.198. The third-order valence-corrected chi connectivity index (χ3v) is 4.42. The van der Waals surface area contributed by atoms with Gasteiger partial charge < -0.3 is 15.4 Å². The van der Waals surface area contributed by atoms with Gasteiger partial charge in [0.15, 0.2) is 5.65 Å². The van der Waals surface area contributed by atoms with E-state index in [0.717, 1.165) is 30.7 Å². The number of fused-ring (bicyclic) bond motifs is 1. The van der Waals surface area contributed by atoms with E-state index in [1.54, 1.807) is 6.20 Å². The van der Waals surface area contributed by atoms with Crippen molar-refractivity contribution in [3.05, 3.63) is 6.20 Å². The van der Waals surface area contributed by atoms with Crippen LogP contribution in [0.25, 0.3) is 11.0 Å². The molecule has 0 radical (unpaired) electrons. The maximum Gasteiger partial charge on any atom is 0.224 e. The summed E-state index contributed by atoms with van der Waals surface area (Å²) in [6.07, 6.45) is 5.63. The molecule has 3 rings (SSSR count). The van der Waals surface area contributed by atoms with Gasteiger partial charge in [-0.15, -0.1) is 0 Å². The summed E-state index contributed by atoms with van der Waals surface area (Å²) in [7, 11) is 0. The van der Waals surface area contributed by atoms with Gasteiger partial charge in [0.2, 0.25) is 5.95 Å². The molecule has 7 nitrogen and oxygen atoms in total. The zero-order chi connectivity index (χ0) is 16.4. The zero-order valence-electron chi connectivity index (χ0n) is 14.1. The molecule has 0 aromatic carbocycles. The Bertz CT molecular complexity index is 655. The van der Waals surface area contributed by atoms with Gasteiger partial charge in [0.1, 0.15) is 5.82 Å². The molecule has 2 aromatic rings. The molecule has 1 fully saturated rings. The number of hydrogen-bond acceptors (Lipinski definition) is 6. The fourth-order valence-corrected chi connectivity index (χ4v) is 3.08. The Kier molecular flexibility index (Phi) is 4.66. The predicted molar refractivity (Wildman–Crippen MR) is 91.3 cm³/mol. The summed E-state index contributed by atoms with van der Waals surface area (Å²) in [4.78, 5) is 11.0. The van der Waals surface area contributed by atoms with Crippen LogP contribution in [0.2, 0.25) is 0 Å². The molecule has 0 saturated carbocycles. The van der Waals surface area contributed by atoms with Crippen molar-refractivity contribution in [3.63, 3.8) is 0 Å². The Morgan fingerprint density at radius 1 is 1.39 bits per heavy atom. The Balaban J connectivity index is 1.90. The third kappa shape index (κ3) is 3.39. The van der Waals surface area contributed by atoms with Crippen LogP contribution < -0.4 is 10.6 Å². The van der Waals surface area contributed by atoms with Gasteiger partial charge in [0.25, 0.3) is 0 Å². The molecule has 1 aliphatic rings. The summed E-state index contributed by atoms with van der Waals surface area (Å²) in [6, 6.07) is 0. The first-order chi connectivity index (χ1) is 11.1. The highest BCUT2D eigenvalue weighted by Crippen LogP contribution is 2.29. The molecule has 1 aliphatic heterocycles. The SMILES string of the molecule is CCCC[C@@H]1CN(c2nc(N)nc3[nH]ncc23)C[C@H](C(C)C)O1. The number of nitrogens with zero attached hydrogens (tertiary/aromatic N) is 4. The highest BCUT2D eigenvalue weighted by molar-refractivity contribution is 5.87. The fourth-order valence-electron chi connectivity index (χ4n) is 3.08. The first kappa shape index (κ1) is 16.0. The topological polar surface area (TPSA) is 93.0 Å². The molecule has 126 valence electrons. The van der Waals surface area contributed by atoms with Crippen molar-refractivity contribution in [3.8, 4) is 0 Å². The van der Waals surface area contributed by atoms with E-state index in [9.17, 15) is 0 Å². The first-order valence-electron chi connectivity index (χ1n) is 8.45. The number of anilines is 2. The van der Waals surface area contributed by atoms with Gasteiger partial charge in [0.05, 0.1) is 23.8 Å². The molecule has 3 heterocycles. The zero-order valence-corrected chi connectivity index (χ0v) is 14.1. The average molecular weight is 318 g/mol. The number of morpholine rings is 1. The van der Waals surface area contributed by atoms with Gasteiger partial charge in [-0.3, -0.25) is 5.10 Å². The minimum Gasteiger partial charge on any atom is -0.371 e. The molecule has 0 unspecified atom stereocenters. The molecule has 23 heavy (non-hydrogen) atoms. The molecular weight excluding hydrogens is 292 g/mol. The number of nitrogens with one attached hydrogen (secondary N) is 1. The van der Waals surface area contributed by atoms with E-state index in [1.165, 1.54) is 12.8 Å². The minimum atomic E-state index is 0.198. The number of aromatic amines is 1. The second-order valence-electron chi connectivity index (χ2n) is 6.63. The lowest BCUT2D eigenvalue weighted by molar-refractivity contribution is -0.0520. The Morgan fingerprint density at radius 3 is 2.96 bits per heavy atom. The van der Waals surface area contributed by atoms with Crippen LogP contribution >= 0.6 is 0 Å². The van der Waals surface area contributed by atoms with Gasteiger partial charge in [-0.05, 0) is 12.3 Å². The lowest BCUT2D eigenvalue weighted by Crippen LogP contribution is -2.50. The lowest BCUT2D eigenvalue weighted by atomic mass is 10.0. The van der Waals surface area contributed by atoms with Gasteiger partial charge in [0, 0.05) is 13.1 Å². The number of hydrogen-bond donors (Lipinski definition) is 2. The summed E-state index contributed by atoms with van der Waals surface area (Å²) >= 11 is 0. The molecule has 0 spiro atoms. The lowest BCUT2D eigenvalue weighted by Gasteiger charge is -2.40. The van der Waals surface area contributed by atoms with Crippen molar-refractivity contribution < 1.29 is 4.74 Å². The van der Waals surface area contributed by atoms with E-state index in [2.05, 4.69) is 45.8 Å². The molecule has 1 saturated heterocycles.